The quantitative estimate of drug-likeness (QED) is 0.426. The molecule has 0 amide bonds. The Labute approximate surface area is 197 Å². The molecule has 1 N–H and O–H groups in total. The normalized spacial score (nSPS) is 12.8. The van der Waals surface area contributed by atoms with Crippen LogP contribution in [0.2, 0.25) is 0 Å². The number of rotatable bonds is 11. The minimum Gasteiger partial charge on any atom is -0.469 e. The highest BCUT2D eigenvalue weighted by atomic mass is 32.1. The number of nitrogens with zero attached hydrogens (tertiary/aromatic N) is 3. The van der Waals surface area contributed by atoms with Crippen molar-refractivity contribution in [2.75, 3.05) is 14.2 Å². The minimum atomic E-state index is -1.10. The summed E-state index contributed by atoms with van der Waals surface area (Å²) in [6, 6.07) is 7.25. The molecule has 3 aromatic rings. The third-order valence-electron chi connectivity index (χ3n) is 5.48. The van der Waals surface area contributed by atoms with E-state index >= 15 is 0 Å². The van der Waals surface area contributed by atoms with E-state index in [9.17, 15) is 14.7 Å². The maximum absolute atomic E-state index is 12.6. The lowest BCUT2D eigenvalue weighted by atomic mass is 9.95. The van der Waals surface area contributed by atoms with Gasteiger partial charge in [-0.3, -0.25) is 9.78 Å². The number of aryl methyl sites for hydroxylation is 1. The molecular weight excluding hydrogens is 442 g/mol. The van der Waals surface area contributed by atoms with Crippen LogP contribution in [0.4, 0.5) is 0 Å². The Hall–Kier alpha value is -3.04. The zero-order chi connectivity index (χ0) is 23.8. The SMILES string of the molecule is CCCCc1ncc(C(O)C(Cc2cccs2)C(=O)OC)n1Cc1ccc(C(=O)OC)cn1. The Balaban J connectivity index is 1.92. The van der Waals surface area contributed by atoms with E-state index in [0.29, 0.717) is 29.9 Å². The van der Waals surface area contributed by atoms with E-state index in [-0.39, 0.29) is 0 Å². The number of methoxy groups -OCH3 is 2. The summed E-state index contributed by atoms with van der Waals surface area (Å²) in [5.74, 6) is -0.882. The number of aliphatic hydroxyl groups is 1. The summed E-state index contributed by atoms with van der Waals surface area (Å²) < 4.78 is 11.6. The Morgan fingerprint density at radius 2 is 1.97 bits per heavy atom. The second kappa shape index (κ2) is 11.7. The van der Waals surface area contributed by atoms with Crippen molar-refractivity contribution in [2.45, 2.75) is 45.3 Å². The number of carbonyl (C=O) groups is 2. The fourth-order valence-corrected chi connectivity index (χ4v) is 4.39. The van der Waals surface area contributed by atoms with Crippen LogP contribution < -0.4 is 0 Å². The van der Waals surface area contributed by atoms with E-state index in [1.807, 2.05) is 22.1 Å². The third kappa shape index (κ3) is 6.06. The van der Waals surface area contributed by atoms with E-state index in [1.54, 1.807) is 18.3 Å². The molecule has 0 aliphatic carbocycles. The molecule has 2 unspecified atom stereocenters. The summed E-state index contributed by atoms with van der Waals surface area (Å²) in [7, 11) is 2.65. The number of hydrogen-bond acceptors (Lipinski definition) is 8. The summed E-state index contributed by atoms with van der Waals surface area (Å²) in [6.07, 6.45) is 5.04. The molecule has 0 radical (unpaired) electrons. The van der Waals surface area contributed by atoms with Crippen LogP contribution in [0, 0.1) is 5.92 Å². The highest BCUT2D eigenvalue weighted by Crippen LogP contribution is 2.29. The fraction of sp³-hybridized carbons (Fsp3) is 0.417. The molecule has 176 valence electrons. The standard InChI is InChI=1S/C24H29N3O5S/c1-4-5-8-21-26-14-20(22(28)19(24(30)32-3)12-18-7-6-11-33-18)27(21)15-17-10-9-16(13-25-17)23(29)31-2/h6-7,9-11,13-14,19,22,28H,4-5,8,12,15H2,1-3H3. The second-order valence-electron chi connectivity index (χ2n) is 7.68. The minimum absolute atomic E-state index is 0.347. The lowest BCUT2D eigenvalue weighted by Gasteiger charge is -2.22. The van der Waals surface area contributed by atoms with Crippen molar-refractivity contribution in [3.8, 4) is 0 Å². The maximum atomic E-state index is 12.6. The molecule has 0 spiro atoms. The molecule has 3 rings (SSSR count). The van der Waals surface area contributed by atoms with Crippen molar-refractivity contribution in [3.05, 3.63) is 69.7 Å². The van der Waals surface area contributed by atoms with Crippen molar-refractivity contribution in [1.29, 1.82) is 0 Å². The van der Waals surface area contributed by atoms with Crippen molar-refractivity contribution in [2.24, 2.45) is 5.92 Å². The van der Waals surface area contributed by atoms with Crippen LogP contribution in [0.25, 0.3) is 0 Å². The summed E-state index contributed by atoms with van der Waals surface area (Å²) in [4.78, 5) is 34.2. The predicted octanol–water partition coefficient (Wildman–Crippen LogP) is 3.58. The highest BCUT2D eigenvalue weighted by molar-refractivity contribution is 7.09. The first-order chi connectivity index (χ1) is 16.0. The number of aromatic nitrogens is 3. The Kier molecular flexibility index (Phi) is 8.73. The van der Waals surface area contributed by atoms with Crippen LogP contribution in [0.15, 0.2) is 42.0 Å². The molecule has 0 aliphatic heterocycles. The van der Waals surface area contributed by atoms with Gasteiger partial charge in [0.2, 0.25) is 0 Å². The van der Waals surface area contributed by atoms with Gasteiger partial charge >= 0.3 is 11.9 Å². The smallest absolute Gasteiger partial charge is 0.339 e. The van der Waals surface area contributed by atoms with Crippen LogP contribution in [0.3, 0.4) is 0 Å². The van der Waals surface area contributed by atoms with Crippen molar-refractivity contribution < 1.29 is 24.2 Å². The molecule has 8 nitrogen and oxygen atoms in total. The molecule has 0 aliphatic rings. The van der Waals surface area contributed by atoms with Crippen LogP contribution in [-0.2, 0) is 33.7 Å². The average Bonchev–Trinajstić information content (AvgIpc) is 3.50. The summed E-state index contributed by atoms with van der Waals surface area (Å²) in [6.45, 7) is 2.45. The predicted molar refractivity (Wildman–Crippen MR) is 124 cm³/mol. The first-order valence-corrected chi connectivity index (χ1v) is 11.7. The van der Waals surface area contributed by atoms with Gasteiger partial charge in [-0.25, -0.2) is 9.78 Å². The number of aliphatic hydroxyl groups excluding tert-OH is 1. The number of imidazole rings is 1. The summed E-state index contributed by atoms with van der Waals surface area (Å²) in [5, 5.41) is 13.2. The van der Waals surface area contributed by atoms with Gasteiger partial charge in [0.15, 0.2) is 0 Å². The molecule has 0 bridgehead atoms. The molecule has 2 atom stereocenters. The molecule has 0 saturated carbocycles. The van der Waals surface area contributed by atoms with Gasteiger partial charge in [-0.2, -0.15) is 0 Å². The summed E-state index contributed by atoms with van der Waals surface area (Å²) >= 11 is 1.53. The van der Waals surface area contributed by atoms with Crippen LogP contribution in [-0.4, -0.2) is 45.8 Å². The lowest BCUT2D eigenvalue weighted by molar-refractivity contribution is -0.149. The molecule has 0 fully saturated rings. The van der Waals surface area contributed by atoms with Gasteiger partial charge in [0.25, 0.3) is 0 Å². The first-order valence-electron chi connectivity index (χ1n) is 10.8. The van der Waals surface area contributed by atoms with Crippen LogP contribution >= 0.6 is 11.3 Å². The average molecular weight is 472 g/mol. The number of ether oxygens (including phenoxy) is 2. The Morgan fingerprint density at radius 3 is 2.58 bits per heavy atom. The second-order valence-corrected chi connectivity index (χ2v) is 8.71. The van der Waals surface area contributed by atoms with Crippen molar-refractivity contribution in [3.63, 3.8) is 0 Å². The van der Waals surface area contributed by atoms with Gasteiger partial charge in [-0.1, -0.05) is 19.4 Å². The number of thiophene rings is 1. The van der Waals surface area contributed by atoms with E-state index in [1.165, 1.54) is 31.8 Å². The van der Waals surface area contributed by atoms with Gasteiger partial charge in [-0.15, -0.1) is 11.3 Å². The molecule has 33 heavy (non-hydrogen) atoms. The topological polar surface area (TPSA) is 104 Å². The molecular formula is C24H29N3O5S. The highest BCUT2D eigenvalue weighted by Gasteiger charge is 2.32. The van der Waals surface area contributed by atoms with E-state index in [0.717, 1.165) is 30.0 Å². The zero-order valence-corrected chi connectivity index (χ0v) is 19.9. The lowest BCUT2D eigenvalue weighted by Crippen LogP contribution is -2.27. The van der Waals surface area contributed by atoms with E-state index < -0.39 is 24.0 Å². The number of carbonyl (C=O) groups excluding carboxylic acids is 2. The van der Waals surface area contributed by atoms with E-state index in [4.69, 9.17) is 9.47 Å². The van der Waals surface area contributed by atoms with Gasteiger partial charge < -0.3 is 19.1 Å². The number of pyridine rings is 1. The molecule has 0 aromatic carbocycles. The monoisotopic (exact) mass is 471 g/mol. The number of esters is 2. The summed E-state index contributed by atoms with van der Waals surface area (Å²) in [5.41, 5.74) is 1.59. The van der Waals surface area contributed by atoms with Crippen molar-refractivity contribution in [1.82, 2.24) is 14.5 Å². The van der Waals surface area contributed by atoms with Crippen molar-refractivity contribution >= 4 is 23.3 Å². The Morgan fingerprint density at radius 1 is 1.15 bits per heavy atom. The molecule has 3 aromatic heterocycles. The van der Waals surface area contributed by atoms with Crippen LogP contribution in [0.1, 0.15) is 58.3 Å². The van der Waals surface area contributed by atoms with E-state index in [2.05, 4.69) is 16.9 Å². The maximum Gasteiger partial charge on any atom is 0.339 e. The molecule has 9 heteroatoms. The third-order valence-corrected chi connectivity index (χ3v) is 6.38. The van der Waals surface area contributed by atoms with Gasteiger partial charge in [0, 0.05) is 17.5 Å². The fourth-order valence-electron chi connectivity index (χ4n) is 3.63. The molecule has 3 heterocycles. The first kappa shape index (κ1) is 24.6. The largest absolute Gasteiger partial charge is 0.469 e. The number of hydrogen-bond donors (Lipinski definition) is 1. The van der Waals surface area contributed by atoms with Crippen LogP contribution in [0.5, 0.6) is 0 Å². The zero-order valence-electron chi connectivity index (χ0n) is 19.1. The van der Waals surface area contributed by atoms with Gasteiger partial charge in [0.05, 0.1) is 49.8 Å². The molecule has 0 saturated heterocycles. The Bertz CT molecular complexity index is 1050. The number of unbranched alkanes of at least 4 members (excludes halogenated alkanes) is 1. The van der Waals surface area contributed by atoms with Gasteiger partial charge in [-0.05, 0) is 36.4 Å². The van der Waals surface area contributed by atoms with Gasteiger partial charge in [0.1, 0.15) is 11.9 Å².